The van der Waals surface area contributed by atoms with Gasteiger partial charge in [0.1, 0.15) is 0 Å². The molecule has 0 aromatic carbocycles. The zero-order valence-corrected chi connectivity index (χ0v) is 12.3. The molecule has 1 saturated carbocycles. The Morgan fingerprint density at radius 1 is 1.40 bits per heavy atom. The number of urea groups is 1. The summed E-state index contributed by atoms with van der Waals surface area (Å²) < 4.78 is 0. The van der Waals surface area contributed by atoms with Crippen LogP contribution in [0, 0.1) is 0 Å². The number of carboxylic acid groups (broad SMARTS) is 1. The van der Waals surface area contributed by atoms with Gasteiger partial charge in [0.2, 0.25) is 0 Å². The molecule has 0 spiro atoms. The molecule has 1 fully saturated rings. The van der Waals surface area contributed by atoms with E-state index in [4.69, 9.17) is 5.11 Å². The molecule has 0 bridgehead atoms. The number of amides is 2. The third-order valence-corrected chi connectivity index (χ3v) is 3.54. The summed E-state index contributed by atoms with van der Waals surface area (Å²) in [6.45, 7) is 3.84. The van der Waals surface area contributed by atoms with Crippen molar-refractivity contribution in [1.82, 2.24) is 15.5 Å². The molecule has 0 aromatic heterocycles. The number of rotatable bonds is 8. The van der Waals surface area contributed by atoms with Crippen molar-refractivity contribution >= 4 is 12.0 Å². The molecule has 0 radical (unpaired) electrons. The summed E-state index contributed by atoms with van der Waals surface area (Å²) in [5.41, 5.74) is -1.44. The van der Waals surface area contributed by atoms with Gasteiger partial charge in [-0.15, -0.1) is 0 Å². The number of hydrogen-bond donors (Lipinski definition) is 4. The number of carboxylic acids is 1. The Kier molecular flexibility index (Phi) is 5.76. The van der Waals surface area contributed by atoms with E-state index >= 15 is 0 Å². The zero-order chi connectivity index (χ0) is 15.3. The van der Waals surface area contributed by atoms with Gasteiger partial charge < -0.3 is 20.8 Å². The maximum absolute atomic E-state index is 11.6. The normalized spacial score (nSPS) is 19.2. The number of aliphatic carboxylic acids is 1. The molecule has 2 atom stereocenters. The molecule has 7 nitrogen and oxygen atoms in total. The Bertz CT molecular complexity index is 356. The van der Waals surface area contributed by atoms with E-state index in [0.717, 1.165) is 0 Å². The van der Waals surface area contributed by atoms with Gasteiger partial charge in [-0.2, -0.15) is 0 Å². The van der Waals surface area contributed by atoms with Gasteiger partial charge in [-0.05, 0) is 33.7 Å². The first-order valence-electron chi connectivity index (χ1n) is 6.89. The Morgan fingerprint density at radius 3 is 2.50 bits per heavy atom. The van der Waals surface area contributed by atoms with Crippen molar-refractivity contribution in [2.45, 2.75) is 50.8 Å². The summed E-state index contributed by atoms with van der Waals surface area (Å²) in [7, 11) is 2.04. The molecule has 1 rings (SSSR count). The molecule has 4 N–H and O–H groups in total. The van der Waals surface area contributed by atoms with Crippen LogP contribution in [0.4, 0.5) is 4.79 Å². The van der Waals surface area contributed by atoms with Crippen molar-refractivity contribution in [2.24, 2.45) is 0 Å². The van der Waals surface area contributed by atoms with E-state index in [0.29, 0.717) is 12.6 Å². The lowest BCUT2D eigenvalue weighted by atomic mass is 10.0. The standard InChI is InChI=1S/C13H25N3O4/c1-9(16(3)10-4-5-10)7-14-12(19)15-8-13(2,20)6-11(17)18/h9-10,20H,4-8H2,1-3H3,(H,17,18)(H2,14,15,19). The first kappa shape index (κ1) is 16.7. The highest BCUT2D eigenvalue weighted by Crippen LogP contribution is 2.26. The van der Waals surface area contributed by atoms with Crippen LogP contribution in [-0.2, 0) is 4.79 Å². The van der Waals surface area contributed by atoms with Crippen molar-refractivity contribution in [2.75, 3.05) is 20.1 Å². The number of carbonyl (C=O) groups is 2. The fourth-order valence-electron chi connectivity index (χ4n) is 1.95. The van der Waals surface area contributed by atoms with Crippen LogP contribution in [0.15, 0.2) is 0 Å². The van der Waals surface area contributed by atoms with E-state index in [1.165, 1.54) is 19.8 Å². The number of nitrogens with one attached hydrogen (secondary N) is 2. The van der Waals surface area contributed by atoms with Gasteiger partial charge in [-0.25, -0.2) is 4.79 Å². The van der Waals surface area contributed by atoms with Gasteiger partial charge in [0, 0.05) is 25.2 Å². The average Bonchev–Trinajstić information content (AvgIpc) is 3.15. The third kappa shape index (κ3) is 6.21. The van der Waals surface area contributed by atoms with E-state index in [-0.39, 0.29) is 12.6 Å². The van der Waals surface area contributed by atoms with Gasteiger partial charge in [0.25, 0.3) is 0 Å². The highest BCUT2D eigenvalue weighted by molar-refractivity contribution is 5.74. The van der Waals surface area contributed by atoms with Gasteiger partial charge in [0.15, 0.2) is 0 Å². The van der Waals surface area contributed by atoms with E-state index in [1.54, 1.807) is 0 Å². The molecule has 116 valence electrons. The topological polar surface area (TPSA) is 102 Å². The highest BCUT2D eigenvalue weighted by atomic mass is 16.4. The van der Waals surface area contributed by atoms with Crippen molar-refractivity contribution in [3.05, 3.63) is 0 Å². The molecule has 0 saturated heterocycles. The maximum atomic E-state index is 11.6. The average molecular weight is 287 g/mol. The Hall–Kier alpha value is -1.34. The van der Waals surface area contributed by atoms with Crippen molar-refractivity contribution in [3.8, 4) is 0 Å². The number of aliphatic hydroxyl groups is 1. The smallest absolute Gasteiger partial charge is 0.314 e. The molecular formula is C13H25N3O4. The molecule has 2 unspecified atom stereocenters. The Labute approximate surface area is 119 Å². The predicted octanol–water partition coefficient (Wildman–Crippen LogP) is -0.00600. The van der Waals surface area contributed by atoms with E-state index in [1.807, 2.05) is 14.0 Å². The monoisotopic (exact) mass is 287 g/mol. The SMILES string of the molecule is CC(CNC(=O)NCC(C)(O)CC(=O)O)N(C)C1CC1. The van der Waals surface area contributed by atoms with E-state index in [9.17, 15) is 14.7 Å². The second-order valence-corrected chi connectivity index (χ2v) is 5.88. The van der Waals surface area contributed by atoms with Crippen molar-refractivity contribution in [3.63, 3.8) is 0 Å². The second kappa shape index (κ2) is 6.90. The lowest BCUT2D eigenvalue weighted by Gasteiger charge is -2.25. The molecule has 20 heavy (non-hydrogen) atoms. The van der Waals surface area contributed by atoms with Crippen LogP contribution in [0.3, 0.4) is 0 Å². The fourth-order valence-corrected chi connectivity index (χ4v) is 1.95. The van der Waals surface area contributed by atoms with E-state index in [2.05, 4.69) is 15.5 Å². The summed E-state index contributed by atoms with van der Waals surface area (Å²) in [5.74, 6) is -1.10. The highest BCUT2D eigenvalue weighted by Gasteiger charge is 2.29. The molecule has 2 amide bonds. The lowest BCUT2D eigenvalue weighted by molar-refractivity contribution is -0.141. The minimum absolute atomic E-state index is 0.0992. The quantitative estimate of drug-likeness (QED) is 0.503. The fraction of sp³-hybridized carbons (Fsp3) is 0.846. The molecular weight excluding hydrogens is 262 g/mol. The summed E-state index contributed by atoms with van der Waals surface area (Å²) in [6, 6.07) is 0.477. The molecule has 7 heteroatoms. The third-order valence-electron chi connectivity index (χ3n) is 3.54. The van der Waals surface area contributed by atoms with Gasteiger partial charge in [-0.1, -0.05) is 0 Å². The van der Waals surface area contributed by atoms with Crippen LogP contribution >= 0.6 is 0 Å². The van der Waals surface area contributed by atoms with Crippen LogP contribution in [0.1, 0.15) is 33.1 Å². The largest absolute Gasteiger partial charge is 0.481 e. The van der Waals surface area contributed by atoms with Crippen LogP contribution in [0.5, 0.6) is 0 Å². The van der Waals surface area contributed by atoms with Crippen molar-refractivity contribution < 1.29 is 19.8 Å². The molecule has 1 aliphatic rings. The summed E-state index contributed by atoms with van der Waals surface area (Å²) in [6.07, 6.45) is 2.02. The molecule has 1 aliphatic carbocycles. The summed E-state index contributed by atoms with van der Waals surface area (Å²) in [4.78, 5) is 24.4. The second-order valence-electron chi connectivity index (χ2n) is 5.88. The van der Waals surface area contributed by atoms with Crippen molar-refractivity contribution in [1.29, 1.82) is 0 Å². The minimum Gasteiger partial charge on any atom is -0.481 e. The predicted molar refractivity (Wildman–Crippen MR) is 74.5 cm³/mol. The van der Waals surface area contributed by atoms with Crippen LogP contribution < -0.4 is 10.6 Å². The maximum Gasteiger partial charge on any atom is 0.314 e. The van der Waals surface area contributed by atoms with E-state index < -0.39 is 24.0 Å². The molecule has 0 aromatic rings. The van der Waals surface area contributed by atoms with Crippen LogP contribution in [0.2, 0.25) is 0 Å². The van der Waals surface area contributed by atoms with Gasteiger partial charge in [0.05, 0.1) is 12.0 Å². The van der Waals surface area contributed by atoms with Crippen LogP contribution in [0.25, 0.3) is 0 Å². The lowest BCUT2D eigenvalue weighted by Crippen LogP contribution is -2.48. The number of carbonyl (C=O) groups excluding carboxylic acids is 1. The first-order chi connectivity index (χ1) is 9.21. The number of nitrogens with zero attached hydrogens (tertiary/aromatic N) is 1. The molecule has 0 aliphatic heterocycles. The number of hydrogen-bond acceptors (Lipinski definition) is 4. The van der Waals surface area contributed by atoms with Gasteiger partial charge >= 0.3 is 12.0 Å². The first-order valence-corrected chi connectivity index (χ1v) is 6.89. The Morgan fingerprint density at radius 2 is 2.00 bits per heavy atom. The van der Waals surface area contributed by atoms with Crippen LogP contribution in [-0.4, -0.2) is 64.9 Å². The zero-order valence-electron chi connectivity index (χ0n) is 12.3. The molecule has 0 heterocycles. The Balaban J connectivity index is 2.21. The summed E-state index contributed by atoms with van der Waals surface area (Å²) in [5, 5.41) is 23.6. The number of likely N-dealkylation sites (N-methyl/N-ethyl adjacent to an activating group) is 1. The van der Waals surface area contributed by atoms with Gasteiger partial charge in [-0.3, -0.25) is 9.69 Å². The summed E-state index contributed by atoms with van der Waals surface area (Å²) >= 11 is 0. The minimum atomic E-state index is -1.44.